The highest BCUT2D eigenvalue weighted by Gasteiger charge is 2.14. The van der Waals surface area contributed by atoms with E-state index in [1.54, 1.807) is 6.20 Å². The van der Waals surface area contributed by atoms with E-state index in [1.165, 1.54) is 11.3 Å². The summed E-state index contributed by atoms with van der Waals surface area (Å²) >= 11 is 1.51. The monoisotopic (exact) mass is 211 g/mol. The van der Waals surface area contributed by atoms with Crippen molar-refractivity contribution < 1.29 is 9.90 Å². The molecule has 2 aromatic rings. The van der Waals surface area contributed by atoms with Gasteiger partial charge in [-0.1, -0.05) is 0 Å². The molecule has 5 nitrogen and oxygen atoms in total. The number of rotatable bonds is 3. The molecule has 0 spiro atoms. The molecule has 14 heavy (non-hydrogen) atoms. The normalized spacial score (nSPS) is 13.2. The number of hydrogen-bond acceptors (Lipinski definition) is 4. The van der Waals surface area contributed by atoms with Crippen LogP contribution in [0.4, 0.5) is 0 Å². The zero-order valence-electron chi connectivity index (χ0n) is 7.25. The number of nitrogens with two attached hydrogens (primary N) is 1. The fraction of sp³-hybridized carbons (Fsp3) is 0.250. The van der Waals surface area contributed by atoms with E-state index in [4.69, 9.17) is 10.8 Å². The molecule has 2 rings (SSSR count). The number of carboxylic acid groups (broad SMARTS) is 1. The molecule has 0 aromatic carbocycles. The first-order valence-corrected chi connectivity index (χ1v) is 4.94. The molecule has 0 aliphatic heterocycles. The minimum absolute atomic E-state index is 0.268. The lowest BCUT2D eigenvalue weighted by Gasteiger charge is -2.01. The molecule has 0 radical (unpaired) electrons. The van der Waals surface area contributed by atoms with Crippen LogP contribution in [0.2, 0.25) is 0 Å². The van der Waals surface area contributed by atoms with Gasteiger partial charge in [0, 0.05) is 24.2 Å². The number of nitrogens with zero attached hydrogens (tertiary/aromatic N) is 2. The van der Waals surface area contributed by atoms with Gasteiger partial charge in [-0.15, -0.1) is 11.3 Å². The lowest BCUT2D eigenvalue weighted by Crippen LogP contribution is -2.32. The molecule has 1 unspecified atom stereocenters. The Morgan fingerprint density at radius 1 is 1.79 bits per heavy atom. The Hall–Kier alpha value is -1.40. The third kappa shape index (κ3) is 1.61. The van der Waals surface area contributed by atoms with E-state index in [0.29, 0.717) is 5.69 Å². The molecule has 0 fully saturated rings. The number of carbonyl (C=O) groups is 1. The second kappa shape index (κ2) is 3.39. The van der Waals surface area contributed by atoms with Gasteiger partial charge in [-0.3, -0.25) is 9.20 Å². The molecule has 1 atom stereocenters. The van der Waals surface area contributed by atoms with Gasteiger partial charge in [0.1, 0.15) is 6.04 Å². The van der Waals surface area contributed by atoms with Crippen molar-refractivity contribution in [2.24, 2.45) is 5.73 Å². The first-order chi connectivity index (χ1) is 6.66. The highest BCUT2D eigenvalue weighted by atomic mass is 32.1. The number of imidazole rings is 1. The summed E-state index contributed by atoms with van der Waals surface area (Å²) < 4.78 is 1.86. The van der Waals surface area contributed by atoms with Crippen LogP contribution in [0.3, 0.4) is 0 Å². The van der Waals surface area contributed by atoms with Crippen LogP contribution in [0.15, 0.2) is 17.8 Å². The molecule has 0 amide bonds. The lowest BCUT2D eigenvalue weighted by molar-refractivity contribution is -0.138. The van der Waals surface area contributed by atoms with Gasteiger partial charge in [-0.05, 0) is 0 Å². The van der Waals surface area contributed by atoms with Crippen LogP contribution in [0.1, 0.15) is 5.69 Å². The predicted molar refractivity (Wildman–Crippen MR) is 52.4 cm³/mol. The summed E-state index contributed by atoms with van der Waals surface area (Å²) in [6.45, 7) is 0. The fourth-order valence-electron chi connectivity index (χ4n) is 1.19. The first-order valence-electron chi connectivity index (χ1n) is 4.06. The average Bonchev–Trinajstić information content (AvgIpc) is 2.63. The van der Waals surface area contributed by atoms with E-state index >= 15 is 0 Å². The smallest absolute Gasteiger partial charge is 0.320 e. The summed E-state index contributed by atoms with van der Waals surface area (Å²) in [5.41, 5.74) is 6.11. The van der Waals surface area contributed by atoms with Gasteiger partial charge in [0.2, 0.25) is 0 Å². The van der Waals surface area contributed by atoms with Gasteiger partial charge >= 0.3 is 5.97 Å². The second-order valence-corrected chi connectivity index (χ2v) is 3.85. The van der Waals surface area contributed by atoms with E-state index in [2.05, 4.69) is 4.98 Å². The standard InChI is InChI=1S/C8H9N3O2S/c9-6(7(12)13)3-5-4-11-1-2-14-8(11)10-5/h1-2,4,6H,3,9H2,(H,12,13). The molecule has 74 valence electrons. The zero-order valence-corrected chi connectivity index (χ0v) is 8.07. The van der Waals surface area contributed by atoms with Crippen LogP contribution in [-0.2, 0) is 11.2 Å². The number of hydrogen-bond donors (Lipinski definition) is 2. The van der Waals surface area contributed by atoms with Gasteiger partial charge in [0.05, 0.1) is 5.69 Å². The van der Waals surface area contributed by atoms with E-state index in [0.717, 1.165) is 4.96 Å². The molecule has 6 heteroatoms. The Morgan fingerprint density at radius 2 is 2.57 bits per heavy atom. The molecule has 0 aliphatic rings. The Balaban J connectivity index is 2.19. The summed E-state index contributed by atoms with van der Waals surface area (Å²) in [7, 11) is 0. The van der Waals surface area contributed by atoms with E-state index in [-0.39, 0.29) is 6.42 Å². The van der Waals surface area contributed by atoms with Crippen LogP contribution < -0.4 is 5.73 Å². The minimum Gasteiger partial charge on any atom is -0.480 e. The van der Waals surface area contributed by atoms with Crippen molar-refractivity contribution in [3.63, 3.8) is 0 Å². The maximum atomic E-state index is 10.5. The Bertz CT molecular complexity index is 433. The molecule has 0 aliphatic carbocycles. The topological polar surface area (TPSA) is 80.6 Å². The minimum atomic E-state index is -0.999. The molecule has 2 aromatic heterocycles. The maximum absolute atomic E-state index is 10.5. The highest BCUT2D eigenvalue weighted by molar-refractivity contribution is 7.15. The van der Waals surface area contributed by atoms with Gasteiger partial charge in [0.25, 0.3) is 0 Å². The van der Waals surface area contributed by atoms with Crippen molar-refractivity contribution in [2.75, 3.05) is 0 Å². The maximum Gasteiger partial charge on any atom is 0.320 e. The van der Waals surface area contributed by atoms with E-state index in [1.807, 2.05) is 16.0 Å². The highest BCUT2D eigenvalue weighted by Crippen LogP contribution is 2.12. The molecule has 0 saturated carbocycles. The third-order valence-corrected chi connectivity index (χ3v) is 2.66. The van der Waals surface area contributed by atoms with Crippen LogP contribution in [-0.4, -0.2) is 26.5 Å². The summed E-state index contributed by atoms with van der Waals surface area (Å²) in [6.07, 6.45) is 3.95. The third-order valence-electron chi connectivity index (χ3n) is 1.89. The first kappa shape index (κ1) is 9.17. The number of thiazole rings is 1. The van der Waals surface area contributed by atoms with Crippen molar-refractivity contribution in [2.45, 2.75) is 12.5 Å². The largest absolute Gasteiger partial charge is 0.480 e. The summed E-state index contributed by atoms with van der Waals surface area (Å²) in [5, 5.41) is 10.5. The van der Waals surface area contributed by atoms with Gasteiger partial charge in [-0.2, -0.15) is 0 Å². The zero-order chi connectivity index (χ0) is 10.1. The Morgan fingerprint density at radius 3 is 3.21 bits per heavy atom. The Kier molecular flexibility index (Phi) is 2.22. The van der Waals surface area contributed by atoms with Gasteiger partial charge in [0.15, 0.2) is 4.96 Å². The van der Waals surface area contributed by atoms with Crippen LogP contribution in [0.25, 0.3) is 4.96 Å². The second-order valence-electron chi connectivity index (χ2n) is 2.97. The van der Waals surface area contributed by atoms with E-state index in [9.17, 15) is 4.79 Å². The molecule has 2 heterocycles. The summed E-state index contributed by atoms with van der Waals surface area (Å²) in [4.78, 5) is 15.6. The van der Waals surface area contributed by atoms with Crippen molar-refractivity contribution in [1.29, 1.82) is 0 Å². The van der Waals surface area contributed by atoms with Gasteiger partial charge < -0.3 is 10.8 Å². The molecular formula is C8H9N3O2S. The SMILES string of the molecule is NC(Cc1cn2ccsc2n1)C(=O)O. The lowest BCUT2D eigenvalue weighted by atomic mass is 10.2. The number of fused-ring (bicyclic) bond motifs is 1. The van der Waals surface area contributed by atoms with Crippen LogP contribution in [0.5, 0.6) is 0 Å². The average molecular weight is 211 g/mol. The van der Waals surface area contributed by atoms with Crippen molar-refractivity contribution >= 4 is 22.3 Å². The van der Waals surface area contributed by atoms with E-state index < -0.39 is 12.0 Å². The molecular weight excluding hydrogens is 202 g/mol. The van der Waals surface area contributed by atoms with Gasteiger partial charge in [-0.25, -0.2) is 4.98 Å². The quantitative estimate of drug-likeness (QED) is 0.767. The van der Waals surface area contributed by atoms with Crippen LogP contribution in [0, 0.1) is 0 Å². The summed E-state index contributed by atoms with van der Waals surface area (Å²) in [6, 6.07) is -0.875. The molecule has 0 bridgehead atoms. The number of aliphatic carboxylic acids is 1. The Labute approximate surface area is 83.8 Å². The fourth-order valence-corrected chi connectivity index (χ4v) is 1.91. The van der Waals surface area contributed by atoms with Crippen molar-refractivity contribution in [3.8, 4) is 0 Å². The van der Waals surface area contributed by atoms with Crippen molar-refractivity contribution in [3.05, 3.63) is 23.5 Å². The van der Waals surface area contributed by atoms with Crippen molar-refractivity contribution in [1.82, 2.24) is 9.38 Å². The van der Waals surface area contributed by atoms with Crippen LogP contribution >= 0.6 is 11.3 Å². The molecule has 3 N–H and O–H groups in total. The number of aromatic nitrogens is 2. The predicted octanol–water partition coefficient (Wildman–Crippen LogP) is 0.350. The number of carboxylic acids is 1. The molecule has 0 saturated heterocycles. The summed E-state index contributed by atoms with van der Waals surface area (Å²) in [5.74, 6) is -0.999.